The summed E-state index contributed by atoms with van der Waals surface area (Å²) < 4.78 is 2.04. The van der Waals surface area contributed by atoms with Crippen LogP contribution < -0.4 is 0 Å². The van der Waals surface area contributed by atoms with Gasteiger partial charge in [-0.25, -0.2) is 4.98 Å². The van der Waals surface area contributed by atoms with Crippen LogP contribution in [-0.2, 0) is 13.2 Å². The van der Waals surface area contributed by atoms with Crippen LogP contribution in [-0.4, -0.2) is 14.7 Å². The lowest BCUT2D eigenvalue weighted by Gasteiger charge is -2.02. The average Bonchev–Trinajstić information content (AvgIpc) is 2.54. The van der Waals surface area contributed by atoms with E-state index in [1.165, 1.54) is 5.56 Å². The van der Waals surface area contributed by atoms with E-state index < -0.39 is 0 Å². The Morgan fingerprint density at radius 1 is 1.43 bits per heavy atom. The Hall–Kier alpha value is -1.35. The lowest BCUT2D eigenvalue weighted by atomic mass is 10.2. The van der Waals surface area contributed by atoms with E-state index in [1.54, 1.807) is 0 Å². The molecule has 2 aromatic rings. The van der Waals surface area contributed by atoms with Crippen molar-refractivity contribution in [3.8, 4) is 0 Å². The number of fused-ring (bicyclic) bond motifs is 1. The van der Waals surface area contributed by atoms with Gasteiger partial charge in [0.15, 0.2) is 0 Å². The number of aliphatic hydroxyl groups excluding tert-OH is 1. The first kappa shape index (κ1) is 9.21. The molecule has 0 spiro atoms. The van der Waals surface area contributed by atoms with Gasteiger partial charge in [0.05, 0.1) is 11.0 Å². The first-order valence-electron chi connectivity index (χ1n) is 4.83. The predicted molar refractivity (Wildman–Crippen MR) is 56.1 cm³/mol. The van der Waals surface area contributed by atoms with Crippen molar-refractivity contribution in [3.63, 3.8) is 0 Å². The molecule has 3 heteroatoms. The molecule has 0 atom stereocenters. The van der Waals surface area contributed by atoms with Crippen molar-refractivity contribution in [3.05, 3.63) is 29.6 Å². The van der Waals surface area contributed by atoms with Crippen LogP contribution in [0, 0.1) is 6.92 Å². The second-order valence-electron chi connectivity index (χ2n) is 3.42. The summed E-state index contributed by atoms with van der Waals surface area (Å²) in [6.07, 6.45) is 0. The van der Waals surface area contributed by atoms with E-state index in [2.05, 4.69) is 24.0 Å². The molecule has 1 aromatic heterocycles. The monoisotopic (exact) mass is 190 g/mol. The van der Waals surface area contributed by atoms with Crippen molar-refractivity contribution < 1.29 is 5.11 Å². The lowest BCUT2D eigenvalue weighted by molar-refractivity contribution is 0.266. The molecular formula is C11H14N2O. The fraction of sp³-hybridized carbons (Fsp3) is 0.364. The number of hydrogen-bond acceptors (Lipinski definition) is 2. The first-order chi connectivity index (χ1) is 6.76. The van der Waals surface area contributed by atoms with Crippen molar-refractivity contribution in [2.75, 3.05) is 0 Å². The third-order valence-corrected chi connectivity index (χ3v) is 2.44. The maximum absolute atomic E-state index is 9.14. The fourth-order valence-corrected chi connectivity index (χ4v) is 1.76. The van der Waals surface area contributed by atoms with E-state index in [0.29, 0.717) is 0 Å². The summed E-state index contributed by atoms with van der Waals surface area (Å²) >= 11 is 0. The van der Waals surface area contributed by atoms with Crippen LogP contribution in [0.2, 0.25) is 0 Å². The zero-order valence-electron chi connectivity index (χ0n) is 8.49. The van der Waals surface area contributed by atoms with E-state index in [-0.39, 0.29) is 6.61 Å². The van der Waals surface area contributed by atoms with E-state index in [1.807, 2.05) is 17.6 Å². The Bertz CT molecular complexity index is 460. The molecule has 74 valence electrons. The number of imidazole rings is 1. The molecule has 0 aliphatic carbocycles. The summed E-state index contributed by atoms with van der Waals surface area (Å²) in [5.74, 6) is 0.744. The molecule has 0 saturated heterocycles. The molecule has 14 heavy (non-hydrogen) atoms. The second kappa shape index (κ2) is 3.42. The van der Waals surface area contributed by atoms with Gasteiger partial charge in [-0.15, -0.1) is 0 Å². The SMILES string of the molecule is CCn1c(CO)nc2cc(C)ccc21. The largest absolute Gasteiger partial charge is 0.388 e. The summed E-state index contributed by atoms with van der Waals surface area (Å²) in [6.45, 7) is 4.94. The lowest BCUT2D eigenvalue weighted by Crippen LogP contribution is -2.00. The molecule has 0 radical (unpaired) electrons. The van der Waals surface area contributed by atoms with Crippen molar-refractivity contribution >= 4 is 11.0 Å². The Balaban J connectivity index is 2.73. The summed E-state index contributed by atoms with van der Waals surface area (Å²) in [5.41, 5.74) is 3.26. The molecule has 1 aromatic carbocycles. The normalized spacial score (nSPS) is 11.1. The van der Waals surface area contributed by atoms with Crippen molar-refractivity contribution in [2.24, 2.45) is 0 Å². The minimum absolute atomic E-state index is 0.00156. The molecule has 1 N–H and O–H groups in total. The maximum atomic E-state index is 9.14. The Labute approximate surface area is 83.0 Å². The van der Waals surface area contributed by atoms with E-state index in [9.17, 15) is 0 Å². The standard InChI is InChI=1S/C11H14N2O/c1-3-13-10-5-4-8(2)6-9(10)12-11(13)7-14/h4-6,14H,3,7H2,1-2H3. The van der Waals surface area contributed by atoms with Gasteiger partial charge in [-0.1, -0.05) is 6.07 Å². The van der Waals surface area contributed by atoms with Crippen molar-refractivity contribution in [1.29, 1.82) is 0 Å². The van der Waals surface area contributed by atoms with Gasteiger partial charge in [-0.05, 0) is 31.5 Å². The Morgan fingerprint density at radius 3 is 2.86 bits per heavy atom. The topological polar surface area (TPSA) is 38.0 Å². The second-order valence-corrected chi connectivity index (χ2v) is 3.42. The summed E-state index contributed by atoms with van der Waals surface area (Å²) in [6, 6.07) is 6.16. The first-order valence-corrected chi connectivity index (χ1v) is 4.83. The Morgan fingerprint density at radius 2 is 2.21 bits per heavy atom. The molecule has 0 amide bonds. The van der Waals surface area contributed by atoms with Crippen molar-refractivity contribution in [2.45, 2.75) is 27.0 Å². The minimum Gasteiger partial charge on any atom is -0.388 e. The number of aryl methyl sites for hydroxylation is 2. The van der Waals surface area contributed by atoms with Crippen molar-refractivity contribution in [1.82, 2.24) is 9.55 Å². The maximum Gasteiger partial charge on any atom is 0.135 e. The number of hydrogen-bond donors (Lipinski definition) is 1. The smallest absolute Gasteiger partial charge is 0.135 e. The van der Waals surface area contributed by atoms with Gasteiger partial charge in [0.2, 0.25) is 0 Å². The minimum atomic E-state index is 0.00156. The van der Waals surface area contributed by atoms with Crippen LogP contribution in [0.15, 0.2) is 18.2 Å². The van der Waals surface area contributed by atoms with E-state index in [0.717, 1.165) is 23.4 Å². The van der Waals surface area contributed by atoms with Crippen LogP contribution in [0.3, 0.4) is 0 Å². The number of benzene rings is 1. The number of aliphatic hydroxyl groups is 1. The van der Waals surface area contributed by atoms with Gasteiger partial charge in [0.1, 0.15) is 12.4 Å². The number of aromatic nitrogens is 2. The Kier molecular flexibility index (Phi) is 2.25. The zero-order chi connectivity index (χ0) is 10.1. The quantitative estimate of drug-likeness (QED) is 0.784. The van der Waals surface area contributed by atoms with Crippen LogP contribution >= 0.6 is 0 Å². The van der Waals surface area contributed by atoms with E-state index in [4.69, 9.17) is 5.11 Å². The summed E-state index contributed by atoms with van der Waals surface area (Å²) in [7, 11) is 0. The third-order valence-electron chi connectivity index (χ3n) is 2.44. The summed E-state index contributed by atoms with van der Waals surface area (Å²) in [4.78, 5) is 4.38. The van der Waals surface area contributed by atoms with Gasteiger partial charge in [-0.3, -0.25) is 0 Å². The van der Waals surface area contributed by atoms with Gasteiger partial charge in [-0.2, -0.15) is 0 Å². The molecule has 1 heterocycles. The highest BCUT2D eigenvalue weighted by Crippen LogP contribution is 2.17. The number of rotatable bonds is 2. The van der Waals surface area contributed by atoms with Crippen LogP contribution in [0.25, 0.3) is 11.0 Å². The highest BCUT2D eigenvalue weighted by atomic mass is 16.3. The fourth-order valence-electron chi connectivity index (χ4n) is 1.76. The van der Waals surface area contributed by atoms with Gasteiger partial charge in [0.25, 0.3) is 0 Å². The van der Waals surface area contributed by atoms with Gasteiger partial charge < -0.3 is 9.67 Å². The van der Waals surface area contributed by atoms with Gasteiger partial charge >= 0.3 is 0 Å². The molecule has 0 bridgehead atoms. The van der Waals surface area contributed by atoms with Crippen LogP contribution in [0.1, 0.15) is 18.3 Å². The zero-order valence-corrected chi connectivity index (χ0v) is 8.49. The average molecular weight is 190 g/mol. The molecule has 0 unspecified atom stereocenters. The molecule has 0 saturated carbocycles. The molecular weight excluding hydrogens is 176 g/mol. The summed E-state index contributed by atoms with van der Waals surface area (Å²) in [5, 5.41) is 9.14. The van der Waals surface area contributed by atoms with Crippen LogP contribution in [0.5, 0.6) is 0 Å². The highest BCUT2D eigenvalue weighted by molar-refractivity contribution is 5.76. The molecule has 0 fully saturated rings. The third kappa shape index (κ3) is 1.30. The highest BCUT2D eigenvalue weighted by Gasteiger charge is 2.07. The molecule has 2 rings (SSSR count). The predicted octanol–water partition coefficient (Wildman–Crippen LogP) is 1.86. The van der Waals surface area contributed by atoms with Crippen LogP contribution in [0.4, 0.5) is 0 Å². The molecule has 0 aliphatic heterocycles. The molecule has 3 nitrogen and oxygen atoms in total. The number of nitrogens with zero attached hydrogens (tertiary/aromatic N) is 2. The van der Waals surface area contributed by atoms with E-state index >= 15 is 0 Å². The molecule has 0 aliphatic rings. The van der Waals surface area contributed by atoms with Gasteiger partial charge in [0, 0.05) is 6.54 Å².